The molecule has 2 rings (SSSR count). The van der Waals surface area contributed by atoms with Gasteiger partial charge in [0.2, 0.25) is 0 Å². The molecule has 1 atom stereocenters. The van der Waals surface area contributed by atoms with E-state index in [1.54, 1.807) is 12.1 Å². The molecule has 112 valence electrons. The summed E-state index contributed by atoms with van der Waals surface area (Å²) in [7, 11) is 0. The van der Waals surface area contributed by atoms with E-state index in [9.17, 15) is 18.3 Å². The molecule has 1 aromatic heterocycles. The van der Waals surface area contributed by atoms with Crippen molar-refractivity contribution in [3.63, 3.8) is 0 Å². The van der Waals surface area contributed by atoms with Crippen LogP contribution in [-0.2, 0) is 11.8 Å². The van der Waals surface area contributed by atoms with Gasteiger partial charge in [-0.05, 0) is 32.4 Å². The van der Waals surface area contributed by atoms with Gasteiger partial charge in [0.15, 0.2) is 0 Å². The van der Waals surface area contributed by atoms with Crippen LogP contribution in [-0.4, -0.2) is 10.1 Å². The Bertz CT molecular complexity index is 643. The van der Waals surface area contributed by atoms with Crippen molar-refractivity contribution in [2.75, 3.05) is 0 Å². The average molecular weight is 295 g/mol. The second kappa shape index (κ2) is 5.15. The lowest BCUT2D eigenvalue weighted by molar-refractivity contribution is -0.140. The van der Waals surface area contributed by atoms with Crippen LogP contribution in [0.3, 0.4) is 0 Å². The van der Waals surface area contributed by atoms with Gasteiger partial charge in [-0.2, -0.15) is 13.2 Å². The Morgan fingerprint density at radius 1 is 1.00 bits per heavy atom. The standard InChI is InChI=1S/C16H16F3NO/c1-10-6-11(2)8-12(7-10)15(3,21)14-9-20-5-4-13(14)16(17,18)19/h4-9,21H,1-3H3. The van der Waals surface area contributed by atoms with Crippen LogP contribution >= 0.6 is 0 Å². The monoisotopic (exact) mass is 295 g/mol. The number of nitrogens with zero attached hydrogens (tertiary/aromatic N) is 1. The van der Waals surface area contributed by atoms with Gasteiger partial charge in [-0.3, -0.25) is 4.98 Å². The molecule has 0 amide bonds. The summed E-state index contributed by atoms with van der Waals surface area (Å²) in [6.45, 7) is 5.02. The first-order valence-electron chi connectivity index (χ1n) is 6.45. The fourth-order valence-electron chi connectivity index (χ4n) is 2.44. The molecule has 0 spiro atoms. The van der Waals surface area contributed by atoms with Crippen molar-refractivity contribution in [2.45, 2.75) is 32.5 Å². The van der Waals surface area contributed by atoms with Crippen molar-refractivity contribution in [3.05, 3.63) is 64.5 Å². The highest BCUT2D eigenvalue weighted by Crippen LogP contribution is 2.39. The van der Waals surface area contributed by atoms with Crippen LogP contribution in [0.5, 0.6) is 0 Å². The van der Waals surface area contributed by atoms with E-state index in [4.69, 9.17) is 0 Å². The molecule has 21 heavy (non-hydrogen) atoms. The molecule has 2 aromatic rings. The van der Waals surface area contributed by atoms with Gasteiger partial charge in [0.25, 0.3) is 0 Å². The number of hydrogen-bond donors (Lipinski definition) is 1. The minimum Gasteiger partial charge on any atom is -0.381 e. The van der Waals surface area contributed by atoms with Crippen LogP contribution in [0.15, 0.2) is 36.7 Å². The summed E-state index contributed by atoms with van der Waals surface area (Å²) < 4.78 is 39.3. The largest absolute Gasteiger partial charge is 0.416 e. The van der Waals surface area contributed by atoms with Gasteiger partial charge in [0, 0.05) is 18.0 Å². The predicted octanol–water partition coefficient (Wildman–Crippen LogP) is 3.97. The summed E-state index contributed by atoms with van der Waals surface area (Å²) in [5.41, 5.74) is -0.719. The van der Waals surface area contributed by atoms with E-state index in [2.05, 4.69) is 4.98 Å². The van der Waals surface area contributed by atoms with Crippen molar-refractivity contribution in [1.29, 1.82) is 0 Å². The molecule has 0 aliphatic rings. The fourth-order valence-corrected chi connectivity index (χ4v) is 2.44. The molecular weight excluding hydrogens is 279 g/mol. The summed E-state index contributed by atoms with van der Waals surface area (Å²) in [6, 6.07) is 6.14. The van der Waals surface area contributed by atoms with Crippen molar-refractivity contribution in [3.8, 4) is 0 Å². The van der Waals surface area contributed by atoms with Crippen molar-refractivity contribution < 1.29 is 18.3 Å². The van der Waals surface area contributed by atoms with E-state index in [0.717, 1.165) is 29.6 Å². The Kier molecular flexibility index (Phi) is 3.80. The first-order chi connectivity index (χ1) is 9.62. The fraction of sp³-hybridized carbons (Fsp3) is 0.312. The third-order valence-corrected chi connectivity index (χ3v) is 3.43. The second-order valence-corrected chi connectivity index (χ2v) is 5.37. The van der Waals surface area contributed by atoms with Crippen LogP contribution in [0.4, 0.5) is 13.2 Å². The molecule has 2 nitrogen and oxygen atoms in total. The first-order valence-corrected chi connectivity index (χ1v) is 6.45. The number of rotatable bonds is 2. The number of aliphatic hydroxyl groups is 1. The Morgan fingerprint density at radius 2 is 1.57 bits per heavy atom. The molecule has 0 saturated carbocycles. The van der Waals surface area contributed by atoms with E-state index < -0.39 is 17.3 Å². The maximum Gasteiger partial charge on any atom is 0.416 e. The highest BCUT2D eigenvalue weighted by molar-refractivity contribution is 5.42. The summed E-state index contributed by atoms with van der Waals surface area (Å²) >= 11 is 0. The molecule has 1 heterocycles. The minimum absolute atomic E-state index is 0.248. The van der Waals surface area contributed by atoms with E-state index in [-0.39, 0.29) is 5.56 Å². The molecule has 0 fully saturated rings. The van der Waals surface area contributed by atoms with E-state index in [1.165, 1.54) is 6.92 Å². The molecule has 1 aromatic carbocycles. The summed E-state index contributed by atoms with van der Waals surface area (Å²) in [4.78, 5) is 3.74. The molecule has 1 N–H and O–H groups in total. The van der Waals surface area contributed by atoms with Crippen LogP contribution in [0.2, 0.25) is 0 Å². The summed E-state index contributed by atoms with van der Waals surface area (Å²) in [5.74, 6) is 0. The second-order valence-electron chi connectivity index (χ2n) is 5.37. The lowest BCUT2D eigenvalue weighted by atomic mass is 9.85. The van der Waals surface area contributed by atoms with Crippen molar-refractivity contribution in [1.82, 2.24) is 4.98 Å². The third kappa shape index (κ3) is 3.08. The lowest BCUT2D eigenvalue weighted by Gasteiger charge is -2.28. The maximum atomic E-state index is 13.1. The number of hydrogen-bond acceptors (Lipinski definition) is 2. The van der Waals surface area contributed by atoms with Crippen LogP contribution in [0.1, 0.15) is 34.7 Å². The van der Waals surface area contributed by atoms with Gasteiger partial charge >= 0.3 is 6.18 Å². The molecule has 0 aliphatic carbocycles. The summed E-state index contributed by atoms with van der Waals surface area (Å²) in [6.07, 6.45) is -2.40. The molecule has 0 aliphatic heterocycles. The first kappa shape index (κ1) is 15.5. The smallest absolute Gasteiger partial charge is 0.381 e. The van der Waals surface area contributed by atoms with E-state index in [0.29, 0.717) is 5.56 Å². The zero-order valence-corrected chi connectivity index (χ0v) is 12.0. The summed E-state index contributed by atoms with van der Waals surface area (Å²) in [5, 5.41) is 10.7. The minimum atomic E-state index is -4.54. The predicted molar refractivity (Wildman–Crippen MR) is 73.8 cm³/mol. The number of aryl methyl sites for hydroxylation is 2. The molecule has 0 saturated heterocycles. The zero-order valence-electron chi connectivity index (χ0n) is 12.0. The van der Waals surface area contributed by atoms with Crippen LogP contribution in [0.25, 0.3) is 0 Å². The maximum absolute atomic E-state index is 13.1. The Hall–Kier alpha value is -1.88. The SMILES string of the molecule is Cc1cc(C)cc(C(C)(O)c2cnccc2C(F)(F)F)c1. The quantitative estimate of drug-likeness (QED) is 0.909. The van der Waals surface area contributed by atoms with Crippen molar-refractivity contribution >= 4 is 0 Å². The number of alkyl halides is 3. The average Bonchev–Trinajstić information content (AvgIpc) is 2.36. The van der Waals surface area contributed by atoms with Gasteiger partial charge in [0.05, 0.1) is 5.56 Å². The lowest BCUT2D eigenvalue weighted by Crippen LogP contribution is -2.27. The highest BCUT2D eigenvalue weighted by Gasteiger charge is 2.39. The third-order valence-electron chi connectivity index (χ3n) is 3.43. The Morgan fingerprint density at radius 3 is 2.10 bits per heavy atom. The van der Waals surface area contributed by atoms with Gasteiger partial charge < -0.3 is 5.11 Å². The van der Waals surface area contributed by atoms with E-state index in [1.807, 2.05) is 19.9 Å². The molecule has 0 radical (unpaired) electrons. The van der Waals surface area contributed by atoms with Gasteiger partial charge in [-0.15, -0.1) is 0 Å². The highest BCUT2D eigenvalue weighted by atomic mass is 19.4. The number of benzene rings is 1. The van der Waals surface area contributed by atoms with Crippen LogP contribution in [0, 0.1) is 13.8 Å². The topological polar surface area (TPSA) is 33.1 Å². The van der Waals surface area contributed by atoms with Crippen LogP contribution < -0.4 is 0 Å². The Balaban J connectivity index is 2.64. The van der Waals surface area contributed by atoms with Gasteiger partial charge in [-0.25, -0.2) is 0 Å². The Labute approximate surface area is 121 Å². The normalized spacial score (nSPS) is 14.8. The molecule has 0 bridgehead atoms. The number of halogens is 3. The van der Waals surface area contributed by atoms with Gasteiger partial charge in [-0.1, -0.05) is 29.3 Å². The molecule has 5 heteroatoms. The molecule has 1 unspecified atom stereocenters. The number of pyridine rings is 1. The molecular formula is C16H16F3NO. The van der Waals surface area contributed by atoms with Gasteiger partial charge in [0.1, 0.15) is 5.60 Å². The van der Waals surface area contributed by atoms with Crippen molar-refractivity contribution in [2.24, 2.45) is 0 Å². The van der Waals surface area contributed by atoms with E-state index >= 15 is 0 Å². The zero-order chi connectivity index (χ0) is 15.8. The number of aromatic nitrogens is 1.